The van der Waals surface area contributed by atoms with Crippen molar-refractivity contribution < 1.29 is 4.74 Å². The van der Waals surface area contributed by atoms with Crippen LogP contribution in [-0.4, -0.2) is 17.8 Å². The largest absolute Gasteiger partial charge is 0.497 e. The van der Waals surface area contributed by atoms with Crippen molar-refractivity contribution in [1.29, 1.82) is 0 Å². The van der Waals surface area contributed by atoms with Crippen molar-refractivity contribution in [3.8, 4) is 17.0 Å². The van der Waals surface area contributed by atoms with Gasteiger partial charge in [0.2, 0.25) is 5.13 Å². The van der Waals surface area contributed by atoms with Crippen LogP contribution in [0.25, 0.3) is 11.3 Å². The molecule has 2 bridgehead atoms. The van der Waals surface area contributed by atoms with Crippen molar-refractivity contribution in [2.75, 3.05) is 12.5 Å². The van der Waals surface area contributed by atoms with Gasteiger partial charge in [-0.3, -0.25) is 5.43 Å². The Balaban J connectivity index is 1.50. The van der Waals surface area contributed by atoms with Gasteiger partial charge in [0.05, 0.1) is 12.8 Å². The van der Waals surface area contributed by atoms with Crippen LogP contribution in [-0.2, 0) is 0 Å². The zero-order valence-electron chi connectivity index (χ0n) is 15.3. The molecule has 1 heterocycles. The lowest BCUT2D eigenvalue weighted by molar-refractivity contribution is 0.194. The first-order valence-corrected chi connectivity index (χ1v) is 9.75. The van der Waals surface area contributed by atoms with Crippen LogP contribution in [0.3, 0.4) is 0 Å². The van der Waals surface area contributed by atoms with E-state index in [1.54, 1.807) is 18.4 Å². The third-order valence-electron chi connectivity index (χ3n) is 6.69. The van der Waals surface area contributed by atoms with Gasteiger partial charge in [0.1, 0.15) is 5.75 Å². The van der Waals surface area contributed by atoms with E-state index in [9.17, 15) is 0 Å². The summed E-state index contributed by atoms with van der Waals surface area (Å²) in [7, 11) is 1.68. The summed E-state index contributed by atoms with van der Waals surface area (Å²) in [5.41, 5.74) is 7.16. The number of fused-ring (bicyclic) bond motifs is 2. The minimum atomic E-state index is 0.223. The average Bonchev–Trinajstić information content (AvgIpc) is 3.22. The number of hydrogen-bond donors (Lipinski definition) is 1. The Kier molecular flexibility index (Phi) is 3.87. The third-order valence-corrected chi connectivity index (χ3v) is 7.44. The number of nitrogens with one attached hydrogen (secondary N) is 1. The molecule has 0 amide bonds. The lowest BCUT2D eigenvalue weighted by Gasteiger charge is -2.34. The maximum Gasteiger partial charge on any atom is 0.203 e. The molecule has 2 aromatic rings. The molecule has 4 nitrogen and oxygen atoms in total. The van der Waals surface area contributed by atoms with Crippen molar-refractivity contribution in [3.05, 3.63) is 29.6 Å². The van der Waals surface area contributed by atoms with Crippen LogP contribution in [0, 0.1) is 16.7 Å². The van der Waals surface area contributed by atoms with E-state index >= 15 is 0 Å². The second-order valence-corrected chi connectivity index (χ2v) is 8.79. The predicted molar refractivity (Wildman–Crippen MR) is 104 cm³/mol. The number of methoxy groups -OCH3 is 1. The molecule has 132 valence electrons. The Morgan fingerprint density at radius 1 is 1.24 bits per heavy atom. The van der Waals surface area contributed by atoms with Gasteiger partial charge in [-0.15, -0.1) is 11.3 Å². The second-order valence-electron chi connectivity index (χ2n) is 7.93. The van der Waals surface area contributed by atoms with Gasteiger partial charge in [0.25, 0.3) is 0 Å². The van der Waals surface area contributed by atoms with E-state index in [2.05, 4.69) is 36.6 Å². The van der Waals surface area contributed by atoms with E-state index in [0.717, 1.165) is 34.5 Å². The lowest BCUT2D eigenvalue weighted by Crippen LogP contribution is -2.32. The molecule has 2 fully saturated rings. The first-order chi connectivity index (χ1) is 11.9. The van der Waals surface area contributed by atoms with E-state index < -0.39 is 0 Å². The molecular formula is C20H25N3OS. The Morgan fingerprint density at radius 2 is 2.00 bits per heavy atom. The SMILES string of the molecule is COc1ccc(-c2csc(NN=C3CC4CCC3(C)C4(C)C)n2)cc1. The zero-order chi connectivity index (χ0) is 17.7. The van der Waals surface area contributed by atoms with Gasteiger partial charge in [0, 0.05) is 22.1 Å². The van der Waals surface area contributed by atoms with Crippen molar-refractivity contribution in [2.24, 2.45) is 21.8 Å². The van der Waals surface area contributed by atoms with E-state index in [1.165, 1.54) is 18.6 Å². The molecule has 5 heteroatoms. The Bertz CT molecular complexity index is 809. The van der Waals surface area contributed by atoms with Crippen LogP contribution >= 0.6 is 11.3 Å². The molecule has 2 saturated carbocycles. The molecule has 25 heavy (non-hydrogen) atoms. The monoisotopic (exact) mass is 355 g/mol. The van der Waals surface area contributed by atoms with E-state index in [1.807, 2.05) is 24.3 Å². The number of anilines is 1. The number of thiazole rings is 1. The molecule has 0 aliphatic heterocycles. The van der Waals surface area contributed by atoms with Crippen LogP contribution < -0.4 is 10.2 Å². The maximum atomic E-state index is 5.21. The number of ether oxygens (including phenoxy) is 1. The van der Waals surface area contributed by atoms with Gasteiger partial charge in [-0.1, -0.05) is 20.8 Å². The second kappa shape index (κ2) is 5.84. The molecule has 2 aliphatic rings. The first-order valence-electron chi connectivity index (χ1n) is 8.87. The van der Waals surface area contributed by atoms with Crippen molar-refractivity contribution >= 4 is 22.2 Å². The van der Waals surface area contributed by atoms with Crippen LogP contribution in [0.5, 0.6) is 5.75 Å². The average molecular weight is 356 g/mol. The molecule has 1 aromatic heterocycles. The fourth-order valence-corrected chi connectivity index (χ4v) is 5.09. The molecule has 1 N–H and O–H groups in total. The molecule has 2 unspecified atom stereocenters. The summed E-state index contributed by atoms with van der Waals surface area (Å²) < 4.78 is 5.21. The molecule has 2 aliphatic carbocycles. The van der Waals surface area contributed by atoms with E-state index in [0.29, 0.717) is 5.41 Å². The highest BCUT2D eigenvalue weighted by atomic mass is 32.1. The van der Waals surface area contributed by atoms with Gasteiger partial charge in [0.15, 0.2) is 0 Å². The number of hydrazone groups is 1. The van der Waals surface area contributed by atoms with Gasteiger partial charge in [-0.05, 0) is 54.9 Å². The summed E-state index contributed by atoms with van der Waals surface area (Å²) >= 11 is 1.60. The molecule has 0 saturated heterocycles. The van der Waals surface area contributed by atoms with E-state index in [-0.39, 0.29) is 5.41 Å². The Hall–Kier alpha value is -1.88. The highest BCUT2D eigenvalue weighted by Crippen LogP contribution is 2.63. The highest BCUT2D eigenvalue weighted by Gasteiger charge is 2.59. The summed E-state index contributed by atoms with van der Waals surface area (Å²) in [6.07, 6.45) is 3.70. The van der Waals surface area contributed by atoms with Gasteiger partial charge >= 0.3 is 0 Å². The number of aromatic nitrogens is 1. The van der Waals surface area contributed by atoms with Crippen molar-refractivity contribution in [2.45, 2.75) is 40.0 Å². The molecule has 1 aromatic carbocycles. The topological polar surface area (TPSA) is 46.5 Å². The van der Waals surface area contributed by atoms with Gasteiger partial charge < -0.3 is 4.74 Å². The summed E-state index contributed by atoms with van der Waals surface area (Å²) in [6.45, 7) is 7.18. The minimum Gasteiger partial charge on any atom is -0.497 e. The lowest BCUT2D eigenvalue weighted by atomic mass is 9.70. The molecule has 2 atom stereocenters. The summed E-state index contributed by atoms with van der Waals surface area (Å²) in [4.78, 5) is 4.68. The van der Waals surface area contributed by atoms with Crippen LogP contribution in [0.4, 0.5) is 5.13 Å². The molecular weight excluding hydrogens is 330 g/mol. The van der Waals surface area contributed by atoms with E-state index in [4.69, 9.17) is 9.84 Å². The van der Waals surface area contributed by atoms with Crippen LogP contribution in [0.1, 0.15) is 40.0 Å². The minimum absolute atomic E-state index is 0.223. The third kappa shape index (κ3) is 2.56. The normalized spacial score (nSPS) is 28.5. The quantitative estimate of drug-likeness (QED) is 0.744. The zero-order valence-corrected chi connectivity index (χ0v) is 16.1. The fraction of sp³-hybridized carbons (Fsp3) is 0.500. The van der Waals surface area contributed by atoms with Crippen LogP contribution in [0.2, 0.25) is 0 Å². The standard InChI is InChI=1S/C20H25N3OS/c1-19(2)14-9-10-20(19,3)17(11-14)22-23-18-21-16(12-25-18)13-5-7-15(24-4)8-6-13/h5-8,12,14H,9-11H2,1-4H3,(H,21,23). The molecule has 0 radical (unpaired) electrons. The number of nitrogens with zero attached hydrogens (tertiary/aromatic N) is 2. The number of hydrogen-bond acceptors (Lipinski definition) is 5. The summed E-state index contributed by atoms with van der Waals surface area (Å²) in [6, 6.07) is 7.98. The maximum absolute atomic E-state index is 5.21. The van der Waals surface area contributed by atoms with Crippen molar-refractivity contribution in [1.82, 2.24) is 4.98 Å². The fourth-order valence-electron chi connectivity index (χ4n) is 4.43. The van der Waals surface area contributed by atoms with Crippen molar-refractivity contribution in [3.63, 3.8) is 0 Å². The Morgan fingerprint density at radius 3 is 2.60 bits per heavy atom. The predicted octanol–water partition coefficient (Wildman–Crippen LogP) is 5.43. The van der Waals surface area contributed by atoms with Crippen LogP contribution in [0.15, 0.2) is 34.7 Å². The molecule has 4 rings (SSSR count). The summed E-state index contributed by atoms with van der Waals surface area (Å²) in [5, 5.41) is 7.69. The van der Waals surface area contributed by atoms with Gasteiger partial charge in [-0.25, -0.2) is 4.98 Å². The Labute approximate surface area is 153 Å². The summed E-state index contributed by atoms with van der Waals surface area (Å²) in [5.74, 6) is 1.63. The smallest absolute Gasteiger partial charge is 0.203 e. The highest BCUT2D eigenvalue weighted by molar-refractivity contribution is 7.14. The first kappa shape index (κ1) is 16.6. The number of rotatable bonds is 4. The number of benzene rings is 1. The molecule has 0 spiro atoms. The van der Waals surface area contributed by atoms with Gasteiger partial charge in [-0.2, -0.15) is 5.10 Å².